The molecule has 0 bridgehead atoms. The molecule has 2 atom stereocenters. The third-order valence-corrected chi connectivity index (χ3v) is 6.86. The van der Waals surface area contributed by atoms with Crippen LogP contribution in [-0.4, -0.2) is 23.8 Å². The van der Waals surface area contributed by atoms with Crippen LogP contribution in [0.25, 0.3) is 0 Å². The fourth-order valence-corrected chi connectivity index (χ4v) is 4.47. The minimum absolute atomic E-state index is 0.0145. The van der Waals surface area contributed by atoms with Gasteiger partial charge in [0.1, 0.15) is 19.3 Å². The van der Waals surface area contributed by atoms with Crippen LogP contribution in [0.15, 0.2) is 109 Å². The Hall–Kier alpha value is -5.11. The van der Waals surface area contributed by atoms with Crippen molar-refractivity contribution in [3.63, 3.8) is 0 Å². The quantitative estimate of drug-likeness (QED) is 0.183. The molecule has 4 N–H and O–H groups in total. The molecule has 0 unspecified atom stereocenters. The average molecular weight is 580 g/mol. The molecular formula is C35H37N3O5. The standard InChI is InChI=1S/C35H37N3O5/c1-25(29-15-9-4-10-16-29)37-33(39)19-20-34(40)38-30(35(36)41)21-28-17-18-31(42-23-26-11-5-2-6-12-26)32(22-28)43-24-27-13-7-3-8-14-27/h2-18,22,25,30H,19-21,23-24H2,1H3,(H2,36,41)(H,37,39)(H,38,40)/t25-,30+/m1/s1. The normalized spacial score (nSPS) is 12.0. The van der Waals surface area contributed by atoms with Crippen molar-refractivity contribution in [2.24, 2.45) is 5.73 Å². The lowest BCUT2D eigenvalue weighted by molar-refractivity contribution is -0.129. The summed E-state index contributed by atoms with van der Waals surface area (Å²) >= 11 is 0. The van der Waals surface area contributed by atoms with Gasteiger partial charge in [-0.15, -0.1) is 0 Å². The van der Waals surface area contributed by atoms with E-state index >= 15 is 0 Å². The van der Waals surface area contributed by atoms with E-state index in [4.69, 9.17) is 15.2 Å². The number of nitrogens with one attached hydrogen (secondary N) is 2. The molecule has 4 aromatic carbocycles. The van der Waals surface area contributed by atoms with Gasteiger partial charge in [-0.2, -0.15) is 0 Å². The van der Waals surface area contributed by atoms with Crippen molar-refractivity contribution in [1.29, 1.82) is 0 Å². The predicted molar refractivity (Wildman–Crippen MR) is 165 cm³/mol. The van der Waals surface area contributed by atoms with Crippen LogP contribution in [0.1, 0.15) is 48.1 Å². The van der Waals surface area contributed by atoms with E-state index in [-0.39, 0.29) is 31.2 Å². The Balaban J connectivity index is 1.37. The number of amides is 3. The maximum absolute atomic E-state index is 12.7. The lowest BCUT2D eigenvalue weighted by Gasteiger charge is -2.18. The lowest BCUT2D eigenvalue weighted by atomic mass is 10.0. The minimum atomic E-state index is -0.961. The first-order valence-corrected chi connectivity index (χ1v) is 14.3. The Morgan fingerprint density at radius 3 is 1.72 bits per heavy atom. The number of carbonyl (C=O) groups is 3. The topological polar surface area (TPSA) is 120 Å². The van der Waals surface area contributed by atoms with Crippen molar-refractivity contribution in [2.75, 3.05) is 0 Å². The van der Waals surface area contributed by atoms with Crippen LogP contribution >= 0.6 is 0 Å². The average Bonchev–Trinajstić information content (AvgIpc) is 3.03. The van der Waals surface area contributed by atoms with E-state index in [2.05, 4.69) is 10.6 Å². The molecule has 0 saturated heterocycles. The van der Waals surface area contributed by atoms with Gasteiger partial charge >= 0.3 is 0 Å². The third-order valence-electron chi connectivity index (χ3n) is 6.86. The second kappa shape index (κ2) is 15.8. The number of ether oxygens (including phenoxy) is 2. The smallest absolute Gasteiger partial charge is 0.240 e. The van der Waals surface area contributed by atoms with E-state index in [0.717, 1.165) is 22.3 Å². The fourth-order valence-electron chi connectivity index (χ4n) is 4.47. The number of carbonyl (C=O) groups excluding carboxylic acids is 3. The maximum atomic E-state index is 12.7. The molecule has 8 nitrogen and oxygen atoms in total. The van der Waals surface area contributed by atoms with Crippen molar-refractivity contribution in [3.05, 3.63) is 131 Å². The first-order valence-electron chi connectivity index (χ1n) is 14.3. The van der Waals surface area contributed by atoms with Crippen LogP contribution in [0.3, 0.4) is 0 Å². The molecule has 0 aliphatic rings. The Morgan fingerprint density at radius 1 is 0.651 bits per heavy atom. The second-order valence-electron chi connectivity index (χ2n) is 10.3. The van der Waals surface area contributed by atoms with E-state index in [1.165, 1.54) is 0 Å². The van der Waals surface area contributed by atoms with Crippen LogP contribution in [0, 0.1) is 0 Å². The summed E-state index contributed by atoms with van der Waals surface area (Å²) in [4.78, 5) is 37.3. The number of benzene rings is 4. The van der Waals surface area contributed by atoms with Crippen molar-refractivity contribution in [3.8, 4) is 11.5 Å². The highest BCUT2D eigenvalue weighted by Gasteiger charge is 2.21. The van der Waals surface area contributed by atoms with Gasteiger partial charge < -0.3 is 25.8 Å². The van der Waals surface area contributed by atoms with Crippen LogP contribution in [-0.2, 0) is 34.0 Å². The van der Waals surface area contributed by atoms with Crippen LogP contribution in [0.5, 0.6) is 11.5 Å². The molecule has 8 heteroatoms. The summed E-state index contributed by atoms with van der Waals surface area (Å²) in [7, 11) is 0. The van der Waals surface area contributed by atoms with Gasteiger partial charge in [-0.05, 0) is 41.3 Å². The summed E-state index contributed by atoms with van der Waals surface area (Å²) in [6, 6.07) is 33.4. The Labute approximate surface area is 252 Å². The van der Waals surface area contributed by atoms with Gasteiger partial charge in [-0.3, -0.25) is 14.4 Å². The summed E-state index contributed by atoms with van der Waals surface area (Å²) in [5.74, 6) is -0.301. The first kappa shape index (κ1) is 30.8. The van der Waals surface area contributed by atoms with Gasteiger partial charge in [0, 0.05) is 19.3 Å². The lowest BCUT2D eigenvalue weighted by Crippen LogP contribution is -2.46. The summed E-state index contributed by atoms with van der Waals surface area (Å²) in [6.07, 6.45) is 0.0627. The maximum Gasteiger partial charge on any atom is 0.240 e. The predicted octanol–water partition coefficient (Wildman–Crippen LogP) is 5.01. The molecule has 0 aliphatic heterocycles. The van der Waals surface area contributed by atoms with Gasteiger partial charge in [0.05, 0.1) is 6.04 Å². The molecular weight excluding hydrogens is 542 g/mol. The number of primary amides is 1. The molecule has 4 aromatic rings. The third kappa shape index (κ3) is 10.0. The molecule has 4 rings (SSSR count). The zero-order valence-electron chi connectivity index (χ0n) is 24.2. The van der Waals surface area contributed by atoms with Crippen molar-refractivity contribution in [1.82, 2.24) is 10.6 Å². The Morgan fingerprint density at radius 2 is 1.16 bits per heavy atom. The van der Waals surface area contributed by atoms with Crippen LogP contribution in [0.4, 0.5) is 0 Å². The van der Waals surface area contributed by atoms with Gasteiger partial charge in [0.25, 0.3) is 0 Å². The highest BCUT2D eigenvalue weighted by Crippen LogP contribution is 2.30. The molecule has 0 aliphatic carbocycles. The number of hydrogen-bond acceptors (Lipinski definition) is 5. The number of rotatable bonds is 15. The molecule has 222 valence electrons. The van der Waals surface area contributed by atoms with Crippen molar-refractivity contribution < 1.29 is 23.9 Å². The number of hydrogen-bond donors (Lipinski definition) is 3. The van der Waals surface area contributed by atoms with E-state index < -0.39 is 17.9 Å². The SMILES string of the molecule is C[C@@H](NC(=O)CCC(=O)N[C@@H](Cc1ccc(OCc2ccccc2)c(OCc2ccccc2)c1)C(N)=O)c1ccccc1. The highest BCUT2D eigenvalue weighted by molar-refractivity contribution is 5.89. The van der Waals surface area contributed by atoms with E-state index in [1.807, 2.05) is 104 Å². The van der Waals surface area contributed by atoms with Crippen LogP contribution in [0.2, 0.25) is 0 Å². The summed E-state index contributed by atoms with van der Waals surface area (Å²) in [5, 5.41) is 5.57. The zero-order chi connectivity index (χ0) is 30.4. The summed E-state index contributed by atoms with van der Waals surface area (Å²) < 4.78 is 12.2. The Bertz CT molecular complexity index is 1480. The first-order chi connectivity index (χ1) is 20.9. The van der Waals surface area contributed by atoms with E-state index in [0.29, 0.717) is 24.7 Å². The van der Waals surface area contributed by atoms with Gasteiger partial charge in [0.15, 0.2) is 11.5 Å². The second-order valence-corrected chi connectivity index (χ2v) is 10.3. The van der Waals surface area contributed by atoms with Gasteiger partial charge in [-0.25, -0.2) is 0 Å². The molecule has 3 amide bonds. The van der Waals surface area contributed by atoms with E-state index in [9.17, 15) is 14.4 Å². The minimum Gasteiger partial charge on any atom is -0.485 e. The van der Waals surface area contributed by atoms with Gasteiger partial charge in [-0.1, -0.05) is 97.1 Å². The number of nitrogens with two attached hydrogens (primary N) is 1. The molecule has 0 aromatic heterocycles. The molecule has 0 heterocycles. The molecule has 43 heavy (non-hydrogen) atoms. The largest absolute Gasteiger partial charge is 0.485 e. The molecule has 0 fully saturated rings. The molecule has 0 radical (unpaired) electrons. The fraction of sp³-hybridized carbons (Fsp3) is 0.229. The van der Waals surface area contributed by atoms with Crippen molar-refractivity contribution >= 4 is 17.7 Å². The summed E-state index contributed by atoms with van der Waals surface area (Å²) in [6.45, 7) is 2.57. The van der Waals surface area contributed by atoms with Gasteiger partial charge in [0.2, 0.25) is 17.7 Å². The van der Waals surface area contributed by atoms with E-state index in [1.54, 1.807) is 12.1 Å². The van der Waals surface area contributed by atoms with Crippen LogP contribution < -0.4 is 25.8 Å². The molecule has 0 spiro atoms. The summed E-state index contributed by atoms with van der Waals surface area (Å²) in [5.41, 5.74) is 9.35. The monoisotopic (exact) mass is 579 g/mol. The van der Waals surface area contributed by atoms with Crippen molar-refractivity contribution in [2.45, 2.75) is 51.5 Å². The Kier molecular flexibility index (Phi) is 11.3. The zero-order valence-corrected chi connectivity index (χ0v) is 24.2. The molecule has 0 saturated carbocycles. The highest BCUT2D eigenvalue weighted by atomic mass is 16.5.